The summed E-state index contributed by atoms with van der Waals surface area (Å²) < 4.78 is 5.50. The second-order valence-electron chi connectivity index (χ2n) is 6.85. The van der Waals surface area contributed by atoms with Gasteiger partial charge in [0.05, 0.1) is 11.2 Å². The summed E-state index contributed by atoms with van der Waals surface area (Å²) in [6.07, 6.45) is 2.94. The second kappa shape index (κ2) is 7.42. The molecule has 1 atom stereocenters. The van der Waals surface area contributed by atoms with E-state index in [1.165, 1.54) is 0 Å². The molecule has 1 aliphatic carbocycles. The zero-order chi connectivity index (χ0) is 16.2. The lowest BCUT2D eigenvalue weighted by Gasteiger charge is -2.27. The summed E-state index contributed by atoms with van der Waals surface area (Å²) >= 11 is 1.61. The third-order valence-corrected chi connectivity index (χ3v) is 4.14. The van der Waals surface area contributed by atoms with Crippen molar-refractivity contribution >= 4 is 17.4 Å². The predicted octanol–water partition coefficient (Wildman–Crippen LogP) is 3.58. The molecule has 0 radical (unpaired) electrons. The van der Waals surface area contributed by atoms with E-state index in [9.17, 15) is 4.79 Å². The lowest BCUT2D eigenvalue weighted by atomic mass is 10.2. The molecule has 1 unspecified atom stereocenters. The number of rotatable bonds is 7. The van der Waals surface area contributed by atoms with Crippen LogP contribution in [0.25, 0.3) is 0 Å². The van der Waals surface area contributed by atoms with Crippen molar-refractivity contribution < 1.29 is 9.53 Å². The Labute approximate surface area is 137 Å². The fourth-order valence-electron chi connectivity index (χ4n) is 2.24. The standard InChI is InChI=1S/C16H27N3O2S/c1-12(14-10-22-11-18-14)17-8-5-9-19(13-6-7-13)15(20)21-16(2,3)4/h10-13,17H,5-9H2,1-4H3. The Balaban J connectivity index is 1.72. The second-order valence-corrected chi connectivity index (χ2v) is 7.57. The molecule has 1 aromatic heterocycles. The van der Waals surface area contributed by atoms with E-state index in [4.69, 9.17) is 4.74 Å². The monoisotopic (exact) mass is 325 g/mol. The van der Waals surface area contributed by atoms with Crippen LogP contribution in [-0.4, -0.2) is 40.7 Å². The van der Waals surface area contributed by atoms with Crippen molar-refractivity contribution in [3.05, 3.63) is 16.6 Å². The number of amides is 1. The van der Waals surface area contributed by atoms with Gasteiger partial charge in [-0.05, 0) is 53.5 Å². The summed E-state index contributed by atoms with van der Waals surface area (Å²) in [6.45, 7) is 9.45. The van der Waals surface area contributed by atoms with Gasteiger partial charge in [-0.2, -0.15) is 0 Å². The van der Waals surface area contributed by atoms with Gasteiger partial charge in [0.25, 0.3) is 0 Å². The van der Waals surface area contributed by atoms with Crippen molar-refractivity contribution in [1.82, 2.24) is 15.2 Å². The van der Waals surface area contributed by atoms with E-state index in [0.29, 0.717) is 6.04 Å². The first-order valence-electron chi connectivity index (χ1n) is 7.98. The molecule has 1 aliphatic rings. The average molecular weight is 325 g/mol. The minimum Gasteiger partial charge on any atom is -0.444 e. The summed E-state index contributed by atoms with van der Waals surface area (Å²) in [5, 5.41) is 5.52. The van der Waals surface area contributed by atoms with E-state index in [-0.39, 0.29) is 12.1 Å². The lowest BCUT2D eigenvalue weighted by molar-refractivity contribution is 0.0232. The van der Waals surface area contributed by atoms with Gasteiger partial charge >= 0.3 is 6.09 Å². The van der Waals surface area contributed by atoms with Crippen LogP contribution in [0.1, 0.15) is 58.7 Å². The minimum absolute atomic E-state index is 0.178. The molecule has 1 amide bonds. The third-order valence-electron chi connectivity index (χ3n) is 3.54. The molecule has 1 fully saturated rings. The SMILES string of the molecule is CC(NCCCN(C(=O)OC(C)(C)C)C1CC1)c1cscn1. The summed E-state index contributed by atoms with van der Waals surface area (Å²) in [5.74, 6) is 0. The van der Waals surface area contributed by atoms with Crippen LogP contribution >= 0.6 is 11.3 Å². The number of nitrogens with zero attached hydrogens (tertiary/aromatic N) is 2. The number of hydrogen-bond acceptors (Lipinski definition) is 5. The summed E-state index contributed by atoms with van der Waals surface area (Å²) in [5.41, 5.74) is 2.50. The highest BCUT2D eigenvalue weighted by molar-refractivity contribution is 7.07. The van der Waals surface area contributed by atoms with E-state index in [1.54, 1.807) is 11.3 Å². The van der Waals surface area contributed by atoms with E-state index in [2.05, 4.69) is 22.6 Å². The molecule has 0 bridgehead atoms. The molecule has 0 saturated heterocycles. The zero-order valence-corrected chi connectivity index (χ0v) is 14.8. The molecule has 1 saturated carbocycles. The molecule has 1 aromatic rings. The van der Waals surface area contributed by atoms with Crippen LogP contribution in [0.2, 0.25) is 0 Å². The van der Waals surface area contributed by atoms with Crippen LogP contribution in [0.5, 0.6) is 0 Å². The topological polar surface area (TPSA) is 54.5 Å². The van der Waals surface area contributed by atoms with Crippen molar-refractivity contribution in [3.63, 3.8) is 0 Å². The van der Waals surface area contributed by atoms with Crippen LogP contribution < -0.4 is 5.32 Å². The molecular formula is C16H27N3O2S. The summed E-state index contributed by atoms with van der Waals surface area (Å²) in [7, 11) is 0. The molecule has 1 N–H and O–H groups in total. The fraction of sp³-hybridized carbons (Fsp3) is 0.750. The van der Waals surface area contributed by atoms with E-state index in [0.717, 1.165) is 38.0 Å². The van der Waals surface area contributed by atoms with E-state index >= 15 is 0 Å². The Hall–Kier alpha value is -1.14. The maximum absolute atomic E-state index is 12.2. The smallest absolute Gasteiger partial charge is 0.410 e. The zero-order valence-electron chi connectivity index (χ0n) is 14.0. The van der Waals surface area contributed by atoms with Crippen molar-refractivity contribution in [2.75, 3.05) is 13.1 Å². The van der Waals surface area contributed by atoms with Crippen molar-refractivity contribution in [2.24, 2.45) is 0 Å². The third kappa shape index (κ3) is 5.57. The van der Waals surface area contributed by atoms with Crippen LogP contribution in [0.15, 0.2) is 10.9 Å². The summed E-state index contributed by atoms with van der Waals surface area (Å²) in [4.78, 5) is 18.4. The molecule has 5 nitrogen and oxygen atoms in total. The maximum Gasteiger partial charge on any atom is 0.410 e. The Morgan fingerprint density at radius 3 is 2.82 bits per heavy atom. The maximum atomic E-state index is 12.2. The van der Waals surface area contributed by atoms with Gasteiger partial charge in [0.2, 0.25) is 0 Å². The number of aromatic nitrogens is 1. The van der Waals surface area contributed by atoms with Crippen LogP contribution in [-0.2, 0) is 4.74 Å². The van der Waals surface area contributed by atoms with E-state index in [1.807, 2.05) is 31.2 Å². The van der Waals surface area contributed by atoms with Gasteiger partial charge in [0.15, 0.2) is 0 Å². The molecule has 0 aromatic carbocycles. The largest absolute Gasteiger partial charge is 0.444 e. The van der Waals surface area contributed by atoms with E-state index < -0.39 is 5.60 Å². The fourth-order valence-corrected chi connectivity index (χ4v) is 2.89. The Morgan fingerprint density at radius 2 is 2.27 bits per heavy atom. The Kier molecular flexibility index (Phi) is 5.81. The average Bonchev–Trinajstić information content (AvgIpc) is 3.09. The normalized spacial score (nSPS) is 16.4. The predicted molar refractivity (Wildman–Crippen MR) is 89.1 cm³/mol. The molecule has 1 heterocycles. The number of thiazole rings is 1. The van der Waals surface area contributed by atoms with Crippen LogP contribution in [0.4, 0.5) is 4.79 Å². The van der Waals surface area contributed by atoms with Gasteiger partial charge in [-0.1, -0.05) is 0 Å². The Bertz CT molecular complexity index is 466. The van der Waals surface area contributed by atoms with Crippen LogP contribution in [0.3, 0.4) is 0 Å². The number of nitrogens with one attached hydrogen (secondary N) is 1. The molecule has 0 spiro atoms. The highest BCUT2D eigenvalue weighted by Crippen LogP contribution is 2.28. The molecule has 22 heavy (non-hydrogen) atoms. The number of hydrogen-bond donors (Lipinski definition) is 1. The van der Waals surface area contributed by atoms with Gasteiger partial charge in [0.1, 0.15) is 5.60 Å². The number of ether oxygens (including phenoxy) is 1. The molecule has 6 heteroatoms. The first-order valence-corrected chi connectivity index (χ1v) is 8.92. The van der Waals surface area contributed by atoms with Gasteiger partial charge in [-0.15, -0.1) is 11.3 Å². The van der Waals surface area contributed by atoms with Gasteiger partial charge in [-0.3, -0.25) is 0 Å². The highest BCUT2D eigenvalue weighted by Gasteiger charge is 2.34. The van der Waals surface area contributed by atoms with Crippen molar-refractivity contribution in [1.29, 1.82) is 0 Å². The van der Waals surface area contributed by atoms with Gasteiger partial charge in [0, 0.05) is 24.0 Å². The lowest BCUT2D eigenvalue weighted by Crippen LogP contribution is -2.39. The Morgan fingerprint density at radius 1 is 1.55 bits per heavy atom. The number of carbonyl (C=O) groups is 1. The van der Waals surface area contributed by atoms with Crippen LogP contribution in [0, 0.1) is 0 Å². The number of carbonyl (C=O) groups excluding carboxylic acids is 1. The first-order chi connectivity index (χ1) is 10.4. The first kappa shape index (κ1) is 17.2. The molecular weight excluding hydrogens is 298 g/mol. The molecule has 0 aliphatic heterocycles. The molecule has 2 rings (SSSR count). The summed E-state index contributed by atoms with van der Waals surface area (Å²) in [6, 6.07) is 0.632. The molecule has 124 valence electrons. The van der Waals surface area contributed by atoms with Crippen molar-refractivity contribution in [3.8, 4) is 0 Å². The quantitative estimate of drug-likeness (QED) is 0.779. The van der Waals surface area contributed by atoms with Crippen molar-refractivity contribution in [2.45, 2.75) is 64.6 Å². The highest BCUT2D eigenvalue weighted by atomic mass is 32.1. The minimum atomic E-state index is -0.429. The van der Waals surface area contributed by atoms with Gasteiger partial charge < -0.3 is 15.0 Å². The van der Waals surface area contributed by atoms with Gasteiger partial charge in [-0.25, -0.2) is 9.78 Å².